The zero-order chi connectivity index (χ0) is 16.0. The van der Waals surface area contributed by atoms with Gasteiger partial charge in [0.15, 0.2) is 5.78 Å². The minimum Gasteiger partial charge on any atom is -0.295 e. The predicted molar refractivity (Wildman–Crippen MR) is 92.4 cm³/mol. The Morgan fingerprint density at radius 1 is 1.32 bits per heavy atom. The molecule has 0 bridgehead atoms. The Balaban J connectivity index is 2.32. The van der Waals surface area contributed by atoms with Gasteiger partial charge in [-0.05, 0) is 31.0 Å². The molecule has 0 N–H and O–H groups in total. The fourth-order valence-corrected chi connectivity index (χ4v) is 4.23. The topological polar surface area (TPSA) is 44.0 Å². The van der Waals surface area contributed by atoms with Gasteiger partial charge in [0.05, 0.1) is 11.4 Å². The van der Waals surface area contributed by atoms with Crippen molar-refractivity contribution in [1.29, 1.82) is 0 Å². The number of thioether (sulfide) groups is 1. The highest BCUT2D eigenvalue weighted by Crippen LogP contribution is 2.33. The summed E-state index contributed by atoms with van der Waals surface area (Å²) >= 11 is 4.93. The van der Waals surface area contributed by atoms with Crippen LogP contribution < -0.4 is 5.69 Å². The molecule has 116 valence electrons. The highest BCUT2D eigenvalue weighted by atomic mass is 79.9. The molecular weight excluding hydrogens is 364 g/mol. The summed E-state index contributed by atoms with van der Waals surface area (Å²) in [6.07, 6.45) is 0. The Bertz CT molecular complexity index is 820. The van der Waals surface area contributed by atoms with Crippen molar-refractivity contribution in [2.24, 2.45) is 5.92 Å². The molecule has 0 saturated heterocycles. The normalized spacial score (nSPS) is 14.0. The number of rotatable bonds is 2. The van der Waals surface area contributed by atoms with E-state index < -0.39 is 0 Å². The number of hydrogen-bond donors (Lipinski definition) is 0. The van der Waals surface area contributed by atoms with Crippen LogP contribution in [-0.2, 0) is 6.54 Å². The van der Waals surface area contributed by atoms with Crippen LogP contribution in [0.4, 0.5) is 0 Å². The van der Waals surface area contributed by atoms with Gasteiger partial charge in [0, 0.05) is 21.6 Å². The highest BCUT2D eigenvalue weighted by molar-refractivity contribution is 9.10. The van der Waals surface area contributed by atoms with Gasteiger partial charge in [-0.15, -0.1) is 11.8 Å². The largest absolute Gasteiger partial charge is 0.333 e. The second-order valence-corrected chi connectivity index (χ2v) is 7.81. The van der Waals surface area contributed by atoms with Crippen molar-refractivity contribution in [3.05, 3.63) is 44.5 Å². The molecule has 6 heteroatoms. The summed E-state index contributed by atoms with van der Waals surface area (Å²) in [6, 6.07) is 5.76. The molecule has 3 rings (SSSR count). The third kappa shape index (κ3) is 2.48. The number of benzene rings is 1. The van der Waals surface area contributed by atoms with Crippen molar-refractivity contribution in [3.8, 4) is 5.69 Å². The number of Topliss-reactive ketones (excluding diaryl/α,β-unsaturated/α-hetero) is 1. The van der Waals surface area contributed by atoms with Crippen LogP contribution in [0.3, 0.4) is 0 Å². The lowest BCUT2D eigenvalue weighted by molar-refractivity contribution is 0.101. The van der Waals surface area contributed by atoms with Crippen molar-refractivity contribution in [2.75, 3.05) is 5.75 Å². The van der Waals surface area contributed by atoms with E-state index in [0.717, 1.165) is 20.7 Å². The fourth-order valence-electron chi connectivity index (χ4n) is 2.78. The first kappa shape index (κ1) is 15.6. The van der Waals surface area contributed by atoms with Gasteiger partial charge >= 0.3 is 5.69 Å². The van der Waals surface area contributed by atoms with Gasteiger partial charge in [-0.3, -0.25) is 13.9 Å². The SMILES string of the molecule is Cc1c2n(c(=O)n1CC(C)C)-c1ccc(Br)cc1SCC2=O. The molecule has 4 nitrogen and oxygen atoms in total. The summed E-state index contributed by atoms with van der Waals surface area (Å²) in [7, 11) is 0. The second kappa shape index (κ2) is 5.74. The van der Waals surface area contributed by atoms with Gasteiger partial charge in [0.2, 0.25) is 0 Å². The molecule has 22 heavy (non-hydrogen) atoms. The van der Waals surface area contributed by atoms with E-state index in [1.165, 1.54) is 11.8 Å². The maximum Gasteiger partial charge on any atom is 0.333 e. The van der Waals surface area contributed by atoms with E-state index in [9.17, 15) is 9.59 Å². The Hall–Kier alpha value is -1.27. The summed E-state index contributed by atoms with van der Waals surface area (Å²) in [5.74, 6) is 0.710. The van der Waals surface area contributed by atoms with Crippen molar-refractivity contribution >= 4 is 33.5 Å². The lowest BCUT2D eigenvalue weighted by Gasteiger charge is -2.08. The molecule has 2 aromatic rings. The number of hydrogen-bond acceptors (Lipinski definition) is 3. The fraction of sp³-hybridized carbons (Fsp3) is 0.375. The molecule has 0 aliphatic carbocycles. The minimum absolute atomic E-state index is 0.00873. The summed E-state index contributed by atoms with van der Waals surface area (Å²) in [6.45, 7) is 6.62. The number of aromatic nitrogens is 2. The van der Waals surface area contributed by atoms with E-state index in [4.69, 9.17) is 0 Å². The highest BCUT2D eigenvalue weighted by Gasteiger charge is 2.28. The number of fused-ring (bicyclic) bond motifs is 3. The Morgan fingerprint density at radius 2 is 2.05 bits per heavy atom. The number of ketones is 1. The summed E-state index contributed by atoms with van der Waals surface area (Å²) in [5, 5.41) is 0. The third-order valence-electron chi connectivity index (χ3n) is 3.73. The van der Waals surface area contributed by atoms with E-state index in [-0.39, 0.29) is 11.5 Å². The number of carbonyl (C=O) groups is 1. The molecule has 0 saturated carbocycles. The first-order valence-corrected chi connectivity index (χ1v) is 8.96. The number of imidazole rings is 1. The van der Waals surface area contributed by atoms with Crippen LogP contribution in [0.15, 0.2) is 32.4 Å². The van der Waals surface area contributed by atoms with E-state index in [0.29, 0.717) is 23.9 Å². The average Bonchev–Trinajstić information content (AvgIpc) is 2.61. The molecule has 0 amide bonds. The van der Waals surface area contributed by atoms with Crippen LogP contribution in [0.2, 0.25) is 0 Å². The first-order valence-electron chi connectivity index (χ1n) is 7.18. The second-order valence-electron chi connectivity index (χ2n) is 5.88. The van der Waals surface area contributed by atoms with Crippen LogP contribution in [0.25, 0.3) is 5.69 Å². The van der Waals surface area contributed by atoms with E-state index in [2.05, 4.69) is 29.8 Å². The van der Waals surface area contributed by atoms with Gasteiger partial charge in [0.1, 0.15) is 5.69 Å². The molecule has 0 atom stereocenters. The van der Waals surface area contributed by atoms with Crippen molar-refractivity contribution in [2.45, 2.75) is 32.2 Å². The summed E-state index contributed by atoms with van der Waals surface area (Å²) in [4.78, 5) is 26.3. The van der Waals surface area contributed by atoms with Crippen LogP contribution >= 0.6 is 27.7 Å². The first-order chi connectivity index (χ1) is 10.4. The summed E-state index contributed by atoms with van der Waals surface area (Å²) in [5.41, 5.74) is 1.96. The van der Waals surface area contributed by atoms with E-state index in [1.807, 2.05) is 25.1 Å². The van der Waals surface area contributed by atoms with Gasteiger partial charge in [-0.2, -0.15) is 0 Å². The van der Waals surface area contributed by atoms with Crippen molar-refractivity contribution in [3.63, 3.8) is 0 Å². The average molecular weight is 381 g/mol. The van der Waals surface area contributed by atoms with E-state index >= 15 is 0 Å². The molecule has 1 aliphatic heterocycles. The molecule has 1 aromatic heterocycles. The molecular formula is C16H17BrN2O2S. The monoisotopic (exact) mass is 380 g/mol. The molecule has 1 aliphatic rings. The number of halogens is 1. The summed E-state index contributed by atoms with van der Waals surface area (Å²) < 4.78 is 4.25. The van der Waals surface area contributed by atoms with Crippen LogP contribution in [0.1, 0.15) is 30.0 Å². The maximum atomic E-state index is 12.9. The number of nitrogens with zero attached hydrogens (tertiary/aromatic N) is 2. The van der Waals surface area contributed by atoms with Crippen molar-refractivity contribution < 1.29 is 4.79 Å². The minimum atomic E-state index is -0.124. The van der Waals surface area contributed by atoms with Crippen LogP contribution in [0, 0.1) is 12.8 Å². The van der Waals surface area contributed by atoms with Crippen LogP contribution in [-0.4, -0.2) is 20.7 Å². The number of carbonyl (C=O) groups excluding carboxylic acids is 1. The maximum absolute atomic E-state index is 12.9. The Labute approximate surface area is 141 Å². The molecule has 0 radical (unpaired) electrons. The molecule has 0 spiro atoms. The quantitative estimate of drug-likeness (QED) is 0.798. The lowest BCUT2D eigenvalue weighted by atomic mass is 10.2. The van der Waals surface area contributed by atoms with Crippen molar-refractivity contribution in [1.82, 2.24) is 9.13 Å². The third-order valence-corrected chi connectivity index (χ3v) is 5.26. The Morgan fingerprint density at radius 3 is 2.73 bits per heavy atom. The molecule has 0 unspecified atom stereocenters. The van der Waals surface area contributed by atoms with Gasteiger partial charge in [-0.1, -0.05) is 29.8 Å². The smallest absolute Gasteiger partial charge is 0.295 e. The van der Waals surface area contributed by atoms with Gasteiger partial charge < -0.3 is 0 Å². The van der Waals surface area contributed by atoms with Gasteiger partial charge in [0.25, 0.3) is 0 Å². The molecule has 2 heterocycles. The zero-order valence-electron chi connectivity index (χ0n) is 12.7. The molecule has 1 aromatic carbocycles. The van der Waals surface area contributed by atoms with Gasteiger partial charge in [-0.25, -0.2) is 4.79 Å². The standard InChI is InChI=1S/C16H17BrN2O2S/c1-9(2)7-18-10(3)15-13(20)8-22-14-6-11(17)4-5-12(14)19(15)16(18)21/h4-6,9H,7-8H2,1-3H3. The van der Waals surface area contributed by atoms with E-state index in [1.54, 1.807) is 9.13 Å². The predicted octanol–water partition coefficient (Wildman–Crippen LogP) is 3.65. The Kier molecular flexibility index (Phi) is 4.07. The van der Waals surface area contributed by atoms with Crippen LogP contribution in [0.5, 0.6) is 0 Å². The molecule has 0 fully saturated rings. The lowest BCUT2D eigenvalue weighted by Crippen LogP contribution is -2.26. The zero-order valence-corrected chi connectivity index (χ0v) is 15.1.